The summed E-state index contributed by atoms with van der Waals surface area (Å²) in [4.78, 5) is 29.1. The van der Waals surface area contributed by atoms with Crippen molar-refractivity contribution in [3.8, 4) is 5.88 Å². The molecule has 2 heterocycles. The van der Waals surface area contributed by atoms with E-state index in [1.54, 1.807) is 6.07 Å². The van der Waals surface area contributed by atoms with Crippen molar-refractivity contribution in [2.75, 3.05) is 13.2 Å². The number of hydrogen-bond donors (Lipinski definition) is 1. The van der Waals surface area contributed by atoms with Crippen LogP contribution in [0.15, 0.2) is 36.4 Å². The minimum absolute atomic E-state index is 0.0347. The lowest BCUT2D eigenvalue weighted by atomic mass is 9.97. The van der Waals surface area contributed by atoms with E-state index in [-0.39, 0.29) is 23.7 Å². The Hall–Kier alpha value is -3.10. The van der Waals surface area contributed by atoms with Gasteiger partial charge in [-0.15, -0.1) is 0 Å². The molecule has 3 rings (SSSR count). The Morgan fingerprint density at radius 2 is 1.96 bits per heavy atom. The average Bonchev–Trinajstić information content (AvgIpc) is 2.64. The van der Waals surface area contributed by atoms with Crippen LogP contribution in [0, 0.1) is 0 Å². The minimum atomic E-state index is -4.50. The first-order valence-electron chi connectivity index (χ1n) is 8.04. The summed E-state index contributed by atoms with van der Waals surface area (Å²) < 4.78 is 41.3. The molecule has 0 atom stereocenters. The van der Waals surface area contributed by atoms with Crippen LogP contribution in [0.5, 0.6) is 5.88 Å². The van der Waals surface area contributed by atoms with Crippen molar-refractivity contribution in [2.24, 2.45) is 0 Å². The molecule has 142 valence electrons. The molecule has 6 nitrogen and oxygen atoms in total. The molecular weight excluding hydrogens is 365 g/mol. The van der Waals surface area contributed by atoms with Crippen molar-refractivity contribution in [1.82, 2.24) is 9.88 Å². The molecule has 0 radical (unpaired) electrons. The molecule has 1 aromatic heterocycles. The molecule has 0 spiro atoms. The van der Waals surface area contributed by atoms with Crippen molar-refractivity contribution in [1.29, 1.82) is 0 Å². The Morgan fingerprint density at radius 1 is 1.19 bits per heavy atom. The number of alkyl halides is 3. The van der Waals surface area contributed by atoms with Gasteiger partial charge in [0.1, 0.15) is 5.69 Å². The first kappa shape index (κ1) is 18.7. The topological polar surface area (TPSA) is 79.7 Å². The predicted molar refractivity (Wildman–Crippen MR) is 87.6 cm³/mol. The highest BCUT2D eigenvalue weighted by Gasteiger charge is 2.29. The van der Waals surface area contributed by atoms with Gasteiger partial charge in [-0.05, 0) is 35.7 Å². The molecule has 1 aliphatic rings. The molecule has 0 bridgehead atoms. The third kappa shape index (κ3) is 4.55. The number of carbonyl (C=O) groups excluding carboxylic acids is 1. The second kappa shape index (κ2) is 7.26. The van der Waals surface area contributed by atoms with Crippen LogP contribution < -0.4 is 4.74 Å². The number of fused-ring (bicyclic) bond motifs is 1. The van der Waals surface area contributed by atoms with Gasteiger partial charge in [0.05, 0.1) is 5.56 Å². The van der Waals surface area contributed by atoms with E-state index in [1.807, 2.05) is 0 Å². The minimum Gasteiger partial charge on any atom is -0.478 e. The number of carboxylic acids is 1. The lowest BCUT2D eigenvalue weighted by Crippen LogP contribution is -2.36. The molecule has 9 heteroatoms. The molecule has 1 aliphatic heterocycles. The molecule has 0 saturated carbocycles. The van der Waals surface area contributed by atoms with Gasteiger partial charge < -0.3 is 14.7 Å². The summed E-state index contributed by atoms with van der Waals surface area (Å²) >= 11 is 0. The molecule has 0 aliphatic carbocycles. The van der Waals surface area contributed by atoms with Crippen molar-refractivity contribution in [3.05, 3.63) is 58.8 Å². The fourth-order valence-electron chi connectivity index (χ4n) is 2.80. The van der Waals surface area contributed by atoms with Crippen LogP contribution in [0.4, 0.5) is 13.2 Å². The molecule has 1 amide bonds. The van der Waals surface area contributed by atoms with Crippen LogP contribution in [0.25, 0.3) is 0 Å². The lowest BCUT2D eigenvalue weighted by Gasteiger charge is -2.29. The lowest BCUT2D eigenvalue weighted by molar-refractivity contribution is -0.154. The summed E-state index contributed by atoms with van der Waals surface area (Å²) in [7, 11) is 0. The Bertz CT molecular complexity index is 883. The van der Waals surface area contributed by atoms with Crippen molar-refractivity contribution < 1.29 is 32.6 Å². The second-order valence-electron chi connectivity index (χ2n) is 6.03. The molecule has 27 heavy (non-hydrogen) atoms. The van der Waals surface area contributed by atoms with Crippen molar-refractivity contribution in [3.63, 3.8) is 0 Å². The monoisotopic (exact) mass is 380 g/mol. The zero-order valence-electron chi connectivity index (χ0n) is 14.0. The Morgan fingerprint density at radius 3 is 2.67 bits per heavy atom. The first-order valence-corrected chi connectivity index (χ1v) is 8.04. The van der Waals surface area contributed by atoms with Gasteiger partial charge in [0.25, 0.3) is 5.91 Å². The SMILES string of the molecule is O=C(O)c1ccc2c(c1)CN(C(=O)c1cccc(OCC(F)(F)F)n1)CC2. The summed E-state index contributed by atoms with van der Waals surface area (Å²) in [5.74, 6) is -1.81. The van der Waals surface area contributed by atoms with E-state index in [9.17, 15) is 22.8 Å². The molecule has 0 fully saturated rings. The molecular formula is C18H15F3N2O4. The third-order valence-corrected chi connectivity index (χ3v) is 4.08. The fraction of sp³-hybridized carbons (Fsp3) is 0.278. The number of halogens is 3. The van der Waals surface area contributed by atoms with E-state index in [2.05, 4.69) is 9.72 Å². The first-order chi connectivity index (χ1) is 12.7. The molecule has 1 aromatic carbocycles. The molecule has 2 aromatic rings. The van der Waals surface area contributed by atoms with Crippen LogP contribution in [-0.4, -0.2) is 46.2 Å². The zero-order valence-corrected chi connectivity index (χ0v) is 14.0. The van der Waals surface area contributed by atoms with Gasteiger partial charge >= 0.3 is 12.1 Å². The van der Waals surface area contributed by atoms with Gasteiger partial charge in [-0.2, -0.15) is 13.2 Å². The zero-order chi connectivity index (χ0) is 19.6. The highest BCUT2D eigenvalue weighted by atomic mass is 19.4. The molecule has 0 unspecified atom stereocenters. The maximum absolute atomic E-state index is 12.7. The smallest absolute Gasteiger partial charge is 0.422 e. The quantitative estimate of drug-likeness (QED) is 0.882. The normalized spacial score (nSPS) is 13.8. The Kier molecular flexibility index (Phi) is 5.02. The second-order valence-corrected chi connectivity index (χ2v) is 6.03. The van der Waals surface area contributed by atoms with Gasteiger partial charge in [-0.1, -0.05) is 12.1 Å². The number of pyridine rings is 1. The standard InChI is InChI=1S/C18H15F3N2O4/c19-18(20,21)10-27-15-3-1-2-14(22-15)16(24)23-7-6-11-4-5-12(17(25)26)8-13(11)9-23/h1-5,8H,6-7,9-10H2,(H,25,26). The van der Waals surface area contributed by atoms with E-state index in [0.29, 0.717) is 13.0 Å². The van der Waals surface area contributed by atoms with Crippen LogP contribution >= 0.6 is 0 Å². The number of carbonyl (C=O) groups is 2. The van der Waals surface area contributed by atoms with Crippen LogP contribution in [-0.2, 0) is 13.0 Å². The van der Waals surface area contributed by atoms with E-state index in [4.69, 9.17) is 5.11 Å². The summed E-state index contributed by atoms with van der Waals surface area (Å²) in [6.07, 6.45) is -3.95. The molecule has 1 N–H and O–H groups in total. The van der Waals surface area contributed by atoms with E-state index < -0.39 is 24.7 Å². The van der Waals surface area contributed by atoms with E-state index in [0.717, 1.165) is 11.1 Å². The maximum atomic E-state index is 12.7. The highest BCUT2D eigenvalue weighted by Crippen LogP contribution is 2.23. The van der Waals surface area contributed by atoms with Crippen LogP contribution in [0.2, 0.25) is 0 Å². The van der Waals surface area contributed by atoms with E-state index in [1.165, 1.54) is 35.2 Å². The number of rotatable bonds is 4. The highest BCUT2D eigenvalue weighted by molar-refractivity contribution is 5.92. The van der Waals surface area contributed by atoms with Gasteiger partial charge in [0.2, 0.25) is 5.88 Å². The van der Waals surface area contributed by atoms with Gasteiger partial charge in [0, 0.05) is 19.2 Å². The number of carboxylic acid groups (broad SMARTS) is 1. The third-order valence-electron chi connectivity index (χ3n) is 4.08. The van der Waals surface area contributed by atoms with Crippen LogP contribution in [0.3, 0.4) is 0 Å². The van der Waals surface area contributed by atoms with E-state index >= 15 is 0 Å². The average molecular weight is 380 g/mol. The predicted octanol–water partition coefficient (Wildman–Crippen LogP) is 2.92. The van der Waals surface area contributed by atoms with Gasteiger partial charge in [-0.3, -0.25) is 4.79 Å². The Balaban J connectivity index is 1.75. The van der Waals surface area contributed by atoms with Crippen LogP contribution in [0.1, 0.15) is 32.0 Å². The summed E-state index contributed by atoms with van der Waals surface area (Å²) in [6, 6.07) is 8.80. The number of hydrogen-bond acceptors (Lipinski definition) is 4. The summed E-state index contributed by atoms with van der Waals surface area (Å²) in [5.41, 5.74) is 1.77. The number of amides is 1. The number of benzene rings is 1. The summed E-state index contributed by atoms with van der Waals surface area (Å²) in [6.45, 7) is -0.898. The largest absolute Gasteiger partial charge is 0.478 e. The van der Waals surface area contributed by atoms with Gasteiger partial charge in [0.15, 0.2) is 6.61 Å². The van der Waals surface area contributed by atoms with Crippen molar-refractivity contribution in [2.45, 2.75) is 19.1 Å². The fourth-order valence-corrected chi connectivity index (χ4v) is 2.80. The maximum Gasteiger partial charge on any atom is 0.422 e. The number of aromatic nitrogens is 1. The number of aromatic carboxylic acids is 1. The number of nitrogens with zero attached hydrogens (tertiary/aromatic N) is 2. The number of ether oxygens (including phenoxy) is 1. The molecule has 0 saturated heterocycles. The Labute approximate surface area is 152 Å². The summed E-state index contributed by atoms with van der Waals surface area (Å²) in [5, 5.41) is 9.09. The van der Waals surface area contributed by atoms with Gasteiger partial charge in [-0.25, -0.2) is 9.78 Å². The van der Waals surface area contributed by atoms with Crippen molar-refractivity contribution >= 4 is 11.9 Å².